The largest absolute Gasteiger partial charge is 0.397 e. The Kier molecular flexibility index (Phi) is 4.07. The van der Waals surface area contributed by atoms with Crippen LogP contribution in [0.1, 0.15) is 28.9 Å². The third-order valence-corrected chi connectivity index (χ3v) is 5.47. The summed E-state index contributed by atoms with van der Waals surface area (Å²) in [5.74, 6) is 0.558. The van der Waals surface area contributed by atoms with Crippen molar-refractivity contribution >= 4 is 33.0 Å². The number of amides is 1. The molecule has 5 nitrogen and oxygen atoms in total. The Morgan fingerprint density at radius 1 is 1.48 bits per heavy atom. The van der Waals surface area contributed by atoms with Crippen LogP contribution in [0.5, 0.6) is 0 Å². The Morgan fingerprint density at radius 3 is 3.05 bits per heavy atom. The highest BCUT2D eigenvalue weighted by Gasteiger charge is 2.27. The van der Waals surface area contributed by atoms with E-state index in [9.17, 15) is 9.90 Å². The molecule has 1 fully saturated rings. The van der Waals surface area contributed by atoms with Crippen molar-refractivity contribution in [3.8, 4) is 0 Å². The van der Waals surface area contributed by atoms with Crippen molar-refractivity contribution in [2.75, 3.05) is 18.9 Å². The molecular weight excluding hydrogens is 286 g/mol. The maximum atomic E-state index is 12.3. The summed E-state index contributed by atoms with van der Waals surface area (Å²) in [6.45, 7) is 0.813. The fraction of sp³-hybridized carbons (Fsp3) is 0.467. The molecule has 1 saturated carbocycles. The summed E-state index contributed by atoms with van der Waals surface area (Å²) < 4.78 is 0.925. The van der Waals surface area contributed by atoms with Gasteiger partial charge in [0, 0.05) is 30.9 Å². The number of pyridine rings is 1. The van der Waals surface area contributed by atoms with Crippen LogP contribution in [0.2, 0.25) is 0 Å². The van der Waals surface area contributed by atoms with Crippen LogP contribution in [0.4, 0.5) is 5.69 Å². The van der Waals surface area contributed by atoms with E-state index in [1.807, 2.05) is 6.07 Å². The molecule has 0 aromatic carbocycles. The molecule has 1 aliphatic carbocycles. The summed E-state index contributed by atoms with van der Waals surface area (Å²) >= 11 is 1.37. The second-order valence-electron chi connectivity index (χ2n) is 5.56. The number of nitrogens with one attached hydrogen (secondary N) is 1. The quantitative estimate of drug-likeness (QED) is 0.806. The molecule has 2 unspecified atom stereocenters. The zero-order chi connectivity index (χ0) is 14.8. The maximum absolute atomic E-state index is 12.3. The molecule has 2 atom stereocenters. The topological polar surface area (TPSA) is 88.2 Å². The molecule has 1 aliphatic rings. The van der Waals surface area contributed by atoms with E-state index in [0.717, 1.165) is 29.3 Å². The van der Waals surface area contributed by atoms with Crippen molar-refractivity contribution in [3.05, 3.63) is 23.3 Å². The second-order valence-corrected chi connectivity index (χ2v) is 6.61. The lowest BCUT2D eigenvalue weighted by atomic mass is 9.97. The fourth-order valence-corrected chi connectivity index (χ4v) is 4.07. The van der Waals surface area contributed by atoms with Gasteiger partial charge in [-0.1, -0.05) is 6.42 Å². The van der Waals surface area contributed by atoms with Gasteiger partial charge in [0.25, 0.3) is 5.91 Å². The minimum atomic E-state index is -0.128. The molecule has 2 aromatic rings. The third-order valence-electron chi connectivity index (χ3n) is 4.31. The SMILES string of the molecule is Nc1c(C(=O)NCC2CCCC2CO)sc2cnccc12. The number of nitrogen functional groups attached to an aromatic ring is 1. The van der Waals surface area contributed by atoms with Crippen molar-refractivity contribution in [3.63, 3.8) is 0 Å². The molecule has 21 heavy (non-hydrogen) atoms. The first-order valence-corrected chi connectivity index (χ1v) is 8.03. The number of aliphatic hydroxyl groups excluding tert-OH is 1. The lowest BCUT2D eigenvalue weighted by Gasteiger charge is -2.17. The van der Waals surface area contributed by atoms with E-state index in [1.165, 1.54) is 11.3 Å². The van der Waals surface area contributed by atoms with E-state index >= 15 is 0 Å². The molecule has 2 aromatic heterocycles. The van der Waals surface area contributed by atoms with E-state index in [2.05, 4.69) is 10.3 Å². The van der Waals surface area contributed by atoms with Crippen LogP contribution in [0.15, 0.2) is 18.5 Å². The van der Waals surface area contributed by atoms with Crippen molar-refractivity contribution in [1.29, 1.82) is 0 Å². The molecule has 6 heteroatoms. The second kappa shape index (κ2) is 5.99. The lowest BCUT2D eigenvalue weighted by Crippen LogP contribution is -2.31. The van der Waals surface area contributed by atoms with Crippen molar-refractivity contribution in [1.82, 2.24) is 10.3 Å². The summed E-state index contributed by atoms with van der Waals surface area (Å²) in [6, 6.07) is 1.83. The highest BCUT2D eigenvalue weighted by atomic mass is 32.1. The van der Waals surface area contributed by atoms with Gasteiger partial charge in [0.1, 0.15) is 4.88 Å². The van der Waals surface area contributed by atoms with Gasteiger partial charge in [-0.05, 0) is 30.7 Å². The minimum Gasteiger partial charge on any atom is -0.397 e. The average molecular weight is 305 g/mol. The van der Waals surface area contributed by atoms with Crippen LogP contribution in [0.3, 0.4) is 0 Å². The summed E-state index contributed by atoms with van der Waals surface area (Å²) in [4.78, 5) is 16.9. The monoisotopic (exact) mass is 305 g/mol. The number of aromatic nitrogens is 1. The summed E-state index contributed by atoms with van der Waals surface area (Å²) in [5.41, 5.74) is 6.59. The van der Waals surface area contributed by atoms with Gasteiger partial charge in [0.05, 0.1) is 10.4 Å². The molecule has 3 rings (SSSR count). The van der Waals surface area contributed by atoms with Gasteiger partial charge in [0.15, 0.2) is 0 Å². The van der Waals surface area contributed by atoms with Crippen LogP contribution >= 0.6 is 11.3 Å². The number of thiophene rings is 1. The molecule has 2 heterocycles. The first-order chi connectivity index (χ1) is 10.2. The normalized spacial score (nSPS) is 21.8. The number of anilines is 1. The van der Waals surface area contributed by atoms with Crippen molar-refractivity contribution in [2.45, 2.75) is 19.3 Å². The maximum Gasteiger partial charge on any atom is 0.263 e. The zero-order valence-electron chi connectivity index (χ0n) is 11.7. The van der Waals surface area contributed by atoms with E-state index < -0.39 is 0 Å². The van der Waals surface area contributed by atoms with Crippen molar-refractivity contribution in [2.24, 2.45) is 11.8 Å². The number of aliphatic hydroxyl groups is 1. The number of hydrogen-bond acceptors (Lipinski definition) is 5. The van der Waals surface area contributed by atoms with Gasteiger partial charge in [-0.15, -0.1) is 11.3 Å². The molecular formula is C15H19N3O2S. The van der Waals surface area contributed by atoms with Gasteiger partial charge >= 0.3 is 0 Å². The minimum absolute atomic E-state index is 0.128. The van der Waals surface area contributed by atoms with Crippen LogP contribution in [0.25, 0.3) is 10.1 Å². The number of hydrogen-bond donors (Lipinski definition) is 3. The Labute approximate surface area is 127 Å². The van der Waals surface area contributed by atoms with Gasteiger partial charge in [-0.3, -0.25) is 9.78 Å². The zero-order valence-corrected chi connectivity index (χ0v) is 12.5. The highest BCUT2D eigenvalue weighted by molar-refractivity contribution is 7.21. The predicted octanol–water partition coefficient (Wildman–Crippen LogP) is 2.02. The number of nitrogens with zero attached hydrogens (tertiary/aromatic N) is 1. The van der Waals surface area contributed by atoms with E-state index in [0.29, 0.717) is 28.9 Å². The standard InChI is InChI=1S/C15H19N3O2S/c16-13-11-4-5-17-7-12(11)21-14(13)15(20)18-6-9-2-1-3-10(9)8-19/h4-5,7,9-10,19H,1-3,6,8,16H2,(H,18,20). The highest BCUT2D eigenvalue weighted by Crippen LogP contribution is 2.33. The van der Waals surface area contributed by atoms with Crippen LogP contribution in [-0.4, -0.2) is 29.1 Å². The molecule has 0 bridgehead atoms. The van der Waals surface area contributed by atoms with E-state index in [-0.39, 0.29) is 12.5 Å². The van der Waals surface area contributed by atoms with E-state index in [1.54, 1.807) is 12.4 Å². The number of rotatable bonds is 4. The first kappa shape index (κ1) is 14.3. The summed E-state index contributed by atoms with van der Waals surface area (Å²) in [6.07, 6.45) is 6.65. The Bertz CT molecular complexity index is 655. The number of fused-ring (bicyclic) bond motifs is 1. The van der Waals surface area contributed by atoms with Gasteiger partial charge in [-0.25, -0.2) is 0 Å². The first-order valence-electron chi connectivity index (χ1n) is 7.21. The van der Waals surface area contributed by atoms with Crippen molar-refractivity contribution < 1.29 is 9.90 Å². The molecule has 0 radical (unpaired) electrons. The number of carbonyl (C=O) groups excluding carboxylic acids is 1. The Morgan fingerprint density at radius 2 is 2.29 bits per heavy atom. The van der Waals surface area contributed by atoms with Gasteiger partial charge in [0.2, 0.25) is 0 Å². The predicted molar refractivity (Wildman–Crippen MR) is 84.3 cm³/mol. The van der Waals surface area contributed by atoms with Gasteiger partial charge < -0.3 is 16.2 Å². The lowest BCUT2D eigenvalue weighted by molar-refractivity contribution is 0.0942. The molecule has 112 valence electrons. The molecule has 0 spiro atoms. The molecule has 4 N–H and O–H groups in total. The smallest absolute Gasteiger partial charge is 0.263 e. The number of carbonyl (C=O) groups is 1. The fourth-order valence-electron chi connectivity index (χ4n) is 3.07. The molecule has 1 amide bonds. The molecule has 0 aliphatic heterocycles. The average Bonchev–Trinajstić information content (AvgIpc) is 3.09. The van der Waals surface area contributed by atoms with E-state index in [4.69, 9.17) is 5.73 Å². The van der Waals surface area contributed by atoms with Crippen LogP contribution in [0, 0.1) is 11.8 Å². The van der Waals surface area contributed by atoms with Crippen LogP contribution in [-0.2, 0) is 0 Å². The van der Waals surface area contributed by atoms with Gasteiger partial charge in [-0.2, -0.15) is 0 Å². The van der Waals surface area contributed by atoms with Crippen LogP contribution < -0.4 is 11.1 Å². The summed E-state index contributed by atoms with van der Waals surface area (Å²) in [7, 11) is 0. The third kappa shape index (κ3) is 2.73. The Balaban J connectivity index is 1.71. The Hall–Kier alpha value is -1.66. The summed E-state index contributed by atoms with van der Waals surface area (Å²) in [5, 5.41) is 13.2. The number of nitrogens with two attached hydrogens (primary N) is 1. The molecule has 0 saturated heterocycles.